The van der Waals surface area contributed by atoms with E-state index in [-0.39, 0.29) is 0 Å². The van der Waals surface area contributed by atoms with E-state index in [0.717, 1.165) is 19.1 Å². The van der Waals surface area contributed by atoms with Crippen LogP contribution in [0.15, 0.2) is 0 Å². The van der Waals surface area contributed by atoms with Crippen molar-refractivity contribution in [2.75, 3.05) is 13.2 Å². The summed E-state index contributed by atoms with van der Waals surface area (Å²) in [5.41, 5.74) is 0. The van der Waals surface area contributed by atoms with Gasteiger partial charge in [0.1, 0.15) is 0 Å². The van der Waals surface area contributed by atoms with Crippen LogP contribution in [0.1, 0.15) is 33.1 Å². The van der Waals surface area contributed by atoms with Crippen molar-refractivity contribution in [2.24, 2.45) is 5.92 Å². The third-order valence-corrected chi connectivity index (χ3v) is 2.12. The summed E-state index contributed by atoms with van der Waals surface area (Å²) >= 11 is 0. The van der Waals surface area contributed by atoms with Crippen LogP contribution in [0, 0.1) is 11.8 Å². The first-order valence-corrected chi connectivity index (χ1v) is 4.24. The lowest BCUT2D eigenvalue weighted by Gasteiger charge is -2.07. The van der Waals surface area contributed by atoms with Gasteiger partial charge in [-0.3, -0.25) is 0 Å². The summed E-state index contributed by atoms with van der Waals surface area (Å²) in [6.45, 7) is 6.10. The molecule has 1 rings (SSSR count). The molecule has 1 nitrogen and oxygen atoms in total. The highest BCUT2D eigenvalue weighted by Crippen LogP contribution is 2.39. The quantitative estimate of drug-likeness (QED) is 0.534. The molecule has 1 fully saturated rings. The van der Waals surface area contributed by atoms with Crippen LogP contribution in [0.25, 0.3) is 0 Å². The molecule has 0 atom stereocenters. The van der Waals surface area contributed by atoms with Crippen LogP contribution in [0.3, 0.4) is 0 Å². The molecule has 0 amide bonds. The summed E-state index contributed by atoms with van der Waals surface area (Å²) < 4.78 is 5.26. The van der Waals surface area contributed by atoms with Crippen molar-refractivity contribution < 1.29 is 4.74 Å². The fourth-order valence-corrected chi connectivity index (χ4v) is 1.16. The third kappa shape index (κ3) is 2.70. The molecule has 1 aliphatic rings. The van der Waals surface area contributed by atoms with Crippen LogP contribution in [-0.2, 0) is 4.74 Å². The molecule has 0 heterocycles. The largest absolute Gasteiger partial charge is 0.382 e. The summed E-state index contributed by atoms with van der Waals surface area (Å²) in [6, 6.07) is 0. The molecule has 0 aliphatic heterocycles. The Bertz CT molecular complexity index is 86.7. The van der Waals surface area contributed by atoms with Crippen LogP contribution < -0.4 is 0 Å². The Morgan fingerprint density at radius 1 is 1.50 bits per heavy atom. The first-order chi connectivity index (χ1) is 4.84. The minimum Gasteiger partial charge on any atom is -0.382 e. The Morgan fingerprint density at radius 2 is 2.20 bits per heavy atom. The van der Waals surface area contributed by atoms with Crippen molar-refractivity contribution >= 4 is 0 Å². The molecule has 0 unspecified atom stereocenters. The minimum absolute atomic E-state index is 0.859. The van der Waals surface area contributed by atoms with Gasteiger partial charge in [0.15, 0.2) is 0 Å². The predicted molar refractivity (Wildman–Crippen MR) is 42.8 cm³/mol. The maximum Gasteiger partial charge on any atom is 0.0471 e. The number of ether oxygens (including phenoxy) is 1. The lowest BCUT2D eigenvalue weighted by molar-refractivity contribution is 0.146. The van der Waals surface area contributed by atoms with Gasteiger partial charge in [0.25, 0.3) is 0 Å². The maximum absolute atomic E-state index is 5.26. The molecular weight excluding hydrogens is 124 g/mol. The van der Waals surface area contributed by atoms with E-state index in [0.29, 0.717) is 0 Å². The van der Waals surface area contributed by atoms with Gasteiger partial charge >= 0.3 is 0 Å². The Labute approximate surface area is 63.8 Å². The fourth-order valence-electron chi connectivity index (χ4n) is 1.16. The Hall–Kier alpha value is -0.0400. The molecule has 0 bridgehead atoms. The van der Waals surface area contributed by atoms with Crippen LogP contribution in [-0.4, -0.2) is 13.2 Å². The van der Waals surface area contributed by atoms with E-state index < -0.39 is 0 Å². The molecule has 1 heteroatoms. The van der Waals surface area contributed by atoms with Gasteiger partial charge in [-0.25, -0.2) is 0 Å². The van der Waals surface area contributed by atoms with Crippen molar-refractivity contribution in [1.82, 2.24) is 0 Å². The van der Waals surface area contributed by atoms with Gasteiger partial charge in [-0.15, -0.1) is 0 Å². The molecule has 1 saturated carbocycles. The van der Waals surface area contributed by atoms with E-state index in [4.69, 9.17) is 4.74 Å². The van der Waals surface area contributed by atoms with E-state index in [1.165, 1.54) is 19.3 Å². The van der Waals surface area contributed by atoms with Gasteiger partial charge in [0.05, 0.1) is 0 Å². The average Bonchev–Trinajstić information content (AvgIpc) is 2.69. The standard InChI is InChI=1S/C9H17O/c1-3-10-7-6-8(2)9-4-5-9/h9H,3-7H2,1-2H3. The molecule has 0 aromatic rings. The lowest BCUT2D eigenvalue weighted by Crippen LogP contribution is -2.01. The van der Waals surface area contributed by atoms with Crippen LogP contribution in [0.5, 0.6) is 0 Å². The van der Waals surface area contributed by atoms with Crippen molar-refractivity contribution in [3.63, 3.8) is 0 Å². The summed E-state index contributed by atoms with van der Waals surface area (Å²) in [4.78, 5) is 0. The Morgan fingerprint density at radius 3 is 2.70 bits per heavy atom. The van der Waals surface area contributed by atoms with Crippen LogP contribution in [0.2, 0.25) is 0 Å². The summed E-state index contributed by atoms with van der Waals surface area (Å²) in [5, 5.41) is 0. The first-order valence-electron chi connectivity index (χ1n) is 4.24. The molecule has 0 aromatic heterocycles. The molecule has 0 N–H and O–H groups in total. The van der Waals surface area contributed by atoms with Crippen molar-refractivity contribution in [1.29, 1.82) is 0 Å². The fraction of sp³-hybridized carbons (Fsp3) is 0.889. The van der Waals surface area contributed by atoms with Gasteiger partial charge < -0.3 is 4.74 Å². The predicted octanol–water partition coefficient (Wildman–Crippen LogP) is 2.42. The second-order valence-corrected chi connectivity index (χ2v) is 3.07. The maximum atomic E-state index is 5.26. The van der Waals surface area contributed by atoms with E-state index in [2.05, 4.69) is 6.92 Å². The molecule has 0 aromatic carbocycles. The molecular formula is C9H17O. The van der Waals surface area contributed by atoms with Gasteiger partial charge in [-0.2, -0.15) is 0 Å². The summed E-state index contributed by atoms with van der Waals surface area (Å²) in [5.74, 6) is 2.61. The smallest absolute Gasteiger partial charge is 0.0471 e. The zero-order chi connectivity index (χ0) is 7.40. The zero-order valence-corrected chi connectivity index (χ0v) is 7.02. The second-order valence-electron chi connectivity index (χ2n) is 3.07. The SMILES string of the molecule is CCOCC[C](C)C1CC1. The average molecular weight is 141 g/mol. The lowest BCUT2D eigenvalue weighted by atomic mass is 10.0. The highest BCUT2D eigenvalue weighted by molar-refractivity contribution is 4.99. The van der Waals surface area contributed by atoms with Gasteiger partial charge in [-0.05, 0) is 38.0 Å². The number of hydrogen-bond donors (Lipinski definition) is 0. The van der Waals surface area contributed by atoms with Crippen molar-refractivity contribution in [2.45, 2.75) is 33.1 Å². The minimum atomic E-state index is 0.859. The molecule has 1 aliphatic carbocycles. The van der Waals surface area contributed by atoms with Gasteiger partial charge in [-0.1, -0.05) is 6.92 Å². The third-order valence-electron chi connectivity index (χ3n) is 2.12. The van der Waals surface area contributed by atoms with Crippen molar-refractivity contribution in [3.05, 3.63) is 5.92 Å². The zero-order valence-electron chi connectivity index (χ0n) is 7.02. The van der Waals surface area contributed by atoms with Crippen LogP contribution >= 0.6 is 0 Å². The van der Waals surface area contributed by atoms with Gasteiger partial charge in [0.2, 0.25) is 0 Å². The molecule has 59 valence electrons. The second kappa shape index (κ2) is 3.97. The number of hydrogen-bond acceptors (Lipinski definition) is 1. The Balaban J connectivity index is 1.90. The van der Waals surface area contributed by atoms with E-state index in [1.807, 2.05) is 6.92 Å². The van der Waals surface area contributed by atoms with Gasteiger partial charge in [0, 0.05) is 13.2 Å². The van der Waals surface area contributed by atoms with Crippen molar-refractivity contribution in [3.8, 4) is 0 Å². The van der Waals surface area contributed by atoms with E-state index in [9.17, 15) is 0 Å². The van der Waals surface area contributed by atoms with E-state index in [1.54, 1.807) is 5.92 Å². The summed E-state index contributed by atoms with van der Waals surface area (Å²) in [6.07, 6.45) is 4.04. The molecule has 1 radical (unpaired) electrons. The number of rotatable bonds is 5. The topological polar surface area (TPSA) is 9.23 Å². The normalized spacial score (nSPS) is 18.3. The highest BCUT2D eigenvalue weighted by atomic mass is 16.5. The Kier molecular flexibility index (Phi) is 3.20. The molecule has 0 spiro atoms. The molecule has 0 saturated heterocycles. The van der Waals surface area contributed by atoms with E-state index >= 15 is 0 Å². The summed E-state index contributed by atoms with van der Waals surface area (Å²) in [7, 11) is 0. The van der Waals surface area contributed by atoms with Crippen LogP contribution in [0.4, 0.5) is 0 Å². The highest BCUT2D eigenvalue weighted by Gasteiger charge is 2.27. The monoisotopic (exact) mass is 141 g/mol. The first kappa shape index (κ1) is 8.06. The molecule has 10 heavy (non-hydrogen) atoms.